The number of carbonyl (C=O) groups is 2. The molecule has 19 heavy (non-hydrogen) atoms. The van der Waals surface area contributed by atoms with Crippen molar-refractivity contribution < 1.29 is 57.3 Å². The van der Waals surface area contributed by atoms with Crippen LogP contribution in [-0.4, -0.2) is 58.8 Å². The van der Waals surface area contributed by atoms with Crippen molar-refractivity contribution in [3.05, 3.63) is 0 Å². The zero-order chi connectivity index (χ0) is 15.0. The molecule has 0 fully saturated rings. The van der Waals surface area contributed by atoms with Gasteiger partial charge in [-0.2, -0.15) is 0 Å². The van der Waals surface area contributed by atoms with E-state index in [-0.39, 0.29) is 17.1 Å². The standard InChI is InChI=1S/2C5H10O4.Cu/c2*1-5(2-6,3-7)4(8)9;/h2*6-7H,2-3H2,1H3,(H,8,9);/q;;+2/p-2. The molecule has 0 saturated heterocycles. The predicted octanol–water partition coefficient (Wildman–Crippen LogP) is -4.55. The summed E-state index contributed by atoms with van der Waals surface area (Å²) in [4.78, 5) is 20.1. The molecular formula is C10H18CuO8. The van der Waals surface area contributed by atoms with Crippen molar-refractivity contribution in [3.63, 3.8) is 0 Å². The molecule has 117 valence electrons. The Morgan fingerprint density at radius 1 is 0.789 bits per heavy atom. The van der Waals surface area contributed by atoms with Gasteiger partial charge in [0.05, 0.1) is 49.2 Å². The SMILES string of the molecule is CC(CO)(CO)C(=O)[O-].CC(CO)(CO)C(=O)[O-].[Cu+2]. The van der Waals surface area contributed by atoms with Gasteiger partial charge in [-0.1, -0.05) is 0 Å². The maximum atomic E-state index is 10.1. The van der Waals surface area contributed by atoms with E-state index in [1.807, 2.05) is 0 Å². The van der Waals surface area contributed by atoms with E-state index in [0.717, 1.165) is 0 Å². The normalized spacial score (nSPS) is 10.8. The topological polar surface area (TPSA) is 161 Å². The molecule has 0 heterocycles. The Labute approximate surface area is 121 Å². The van der Waals surface area contributed by atoms with Crippen molar-refractivity contribution in [1.29, 1.82) is 0 Å². The number of carboxylic acid groups (broad SMARTS) is 2. The van der Waals surface area contributed by atoms with E-state index < -0.39 is 49.2 Å². The van der Waals surface area contributed by atoms with Gasteiger partial charge in [0, 0.05) is 0 Å². The number of rotatable bonds is 6. The van der Waals surface area contributed by atoms with Crippen LogP contribution in [0.3, 0.4) is 0 Å². The van der Waals surface area contributed by atoms with Crippen molar-refractivity contribution >= 4 is 11.9 Å². The van der Waals surface area contributed by atoms with Crippen molar-refractivity contribution in [3.8, 4) is 0 Å². The molecule has 0 rings (SSSR count). The second-order valence-corrected chi connectivity index (χ2v) is 4.33. The molecule has 0 aliphatic heterocycles. The summed E-state index contributed by atoms with van der Waals surface area (Å²) in [6.07, 6.45) is 0. The Hall–Kier alpha value is -0.701. The van der Waals surface area contributed by atoms with E-state index in [4.69, 9.17) is 20.4 Å². The van der Waals surface area contributed by atoms with Gasteiger partial charge in [-0.25, -0.2) is 0 Å². The van der Waals surface area contributed by atoms with Crippen LogP contribution in [0.5, 0.6) is 0 Å². The van der Waals surface area contributed by atoms with E-state index in [2.05, 4.69) is 0 Å². The molecule has 0 saturated carbocycles. The summed E-state index contributed by atoms with van der Waals surface area (Å²) in [5, 5.41) is 53.6. The molecule has 0 aliphatic rings. The molecule has 8 nitrogen and oxygen atoms in total. The summed E-state index contributed by atoms with van der Waals surface area (Å²) in [6.45, 7) is -0.00000000000000133. The van der Waals surface area contributed by atoms with Gasteiger partial charge in [0.15, 0.2) is 0 Å². The van der Waals surface area contributed by atoms with Gasteiger partial charge in [0.25, 0.3) is 0 Å². The van der Waals surface area contributed by atoms with Crippen molar-refractivity contribution in [2.45, 2.75) is 13.8 Å². The van der Waals surface area contributed by atoms with Crippen LogP contribution in [0, 0.1) is 10.8 Å². The maximum Gasteiger partial charge on any atom is 2.00 e. The monoisotopic (exact) mass is 329 g/mol. The minimum absolute atomic E-state index is 0. The molecule has 0 aromatic carbocycles. The second-order valence-electron chi connectivity index (χ2n) is 4.33. The van der Waals surface area contributed by atoms with E-state index in [0.29, 0.717) is 0 Å². The van der Waals surface area contributed by atoms with E-state index >= 15 is 0 Å². The average molecular weight is 330 g/mol. The van der Waals surface area contributed by atoms with Crippen molar-refractivity contribution in [1.82, 2.24) is 0 Å². The minimum atomic E-state index is -1.50. The number of aliphatic carboxylic acids is 2. The first-order valence-corrected chi connectivity index (χ1v) is 5.00. The first kappa shape index (κ1) is 23.4. The number of hydrogen-bond donors (Lipinski definition) is 4. The third-order valence-corrected chi connectivity index (χ3v) is 2.38. The van der Waals surface area contributed by atoms with Crippen molar-refractivity contribution in [2.75, 3.05) is 26.4 Å². The van der Waals surface area contributed by atoms with Crippen LogP contribution in [0.1, 0.15) is 13.8 Å². The summed E-state index contributed by atoms with van der Waals surface area (Å²) >= 11 is 0. The van der Waals surface area contributed by atoms with Crippen LogP contribution in [-0.2, 0) is 26.7 Å². The largest absolute Gasteiger partial charge is 2.00 e. The van der Waals surface area contributed by atoms with Gasteiger partial charge in [0.2, 0.25) is 0 Å². The number of hydrogen-bond acceptors (Lipinski definition) is 8. The quantitative estimate of drug-likeness (QED) is 0.354. The zero-order valence-electron chi connectivity index (χ0n) is 10.6. The Morgan fingerprint density at radius 2 is 0.947 bits per heavy atom. The van der Waals surface area contributed by atoms with Crippen LogP contribution in [0.15, 0.2) is 0 Å². The molecule has 0 aromatic rings. The van der Waals surface area contributed by atoms with Crippen LogP contribution in [0.2, 0.25) is 0 Å². The molecule has 0 aliphatic carbocycles. The Bertz CT molecular complexity index is 245. The van der Waals surface area contributed by atoms with Crippen LogP contribution >= 0.6 is 0 Å². The van der Waals surface area contributed by atoms with Gasteiger partial charge in [-0.3, -0.25) is 0 Å². The van der Waals surface area contributed by atoms with E-state index in [1.54, 1.807) is 0 Å². The summed E-state index contributed by atoms with van der Waals surface area (Å²) in [6, 6.07) is 0. The molecule has 4 N–H and O–H groups in total. The Kier molecular flexibility index (Phi) is 12.5. The van der Waals surface area contributed by atoms with Gasteiger partial charge in [0.1, 0.15) is 0 Å². The van der Waals surface area contributed by atoms with Crippen LogP contribution in [0.4, 0.5) is 0 Å². The predicted molar refractivity (Wildman–Crippen MR) is 54.6 cm³/mol. The van der Waals surface area contributed by atoms with Gasteiger partial charge in [-0.15, -0.1) is 0 Å². The molecule has 0 aromatic heterocycles. The first-order valence-electron chi connectivity index (χ1n) is 5.00. The second kappa shape index (κ2) is 10.1. The first-order chi connectivity index (χ1) is 8.13. The molecule has 0 spiro atoms. The number of carboxylic acids is 2. The van der Waals surface area contributed by atoms with E-state index in [1.165, 1.54) is 13.8 Å². The number of aliphatic hydroxyl groups is 4. The van der Waals surface area contributed by atoms with Gasteiger partial charge in [-0.05, 0) is 13.8 Å². The van der Waals surface area contributed by atoms with Crippen LogP contribution < -0.4 is 10.2 Å². The molecular weight excluding hydrogens is 312 g/mol. The summed E-state index contributed by atoms with van der Waals surface area (Å²) in [5.74, 6) is -2.87. The molecule has 9 heteroatoms. The summed E-state index contributed by atoms with van der Waals surface area (Å²) < 4.78 is 0. The molecule has 0 unspecified atom stereocenters. The summed E-state index contributed by atoms with van der Waals surface area (Å²) in [7, 11) is 0. The summed E-state index contributed by atoms with van der Waals surface area (Å²) in [5.41, 5.74) is -3.00. The van der Waals surface area contributed by atoms with Gasteiger partial charge >= 0.3 is 17.1 Å². The number of aliphatic hydroxyl groups excluding tert-OH is 4. The fourth-order valence-electron chi connectivity index (χ4n) is 0.358. The van der Waals surface area contributed by atoms with Crippen molar-refractivity contribution in [2.24, 2.45) is 10.8 Å². The fourth-order valence-corrected chi connectivity index (χ4v) is 0.358. The molecule has 0 atom stereocenters. The third kappa shape index (κ3) is 7.46. The molecule has 0 bridgehead atoms. The fraction of sp³-hybridized carbons (Fsp3) is 0.800. The van der Waals surface area contributed by atoms with Crippen LogP contribution in [0.25, 0.3) is 0 Å². The molecule has 1 radical (unpaired) electrons. The minimum Gasteiger partial charge on any atom is -0.549 e. The van der Waals surface area contributed by atoms with Gasteiger partial charge < -0.3 is 40.2 Å². The maximum absolute atomic E-state index is 10.1. The zero-order valence-corrected chi connectivity index (χ0v) is 11.5. The Morgan fingerprint density at radius 3 is 0.947 bits per heavy atom. The average Bonchev–Trinajstić information content (AvgIpc) is 2.36. The number of carbonyl (C=O) groups excluding carboxylic acids is 2. The third-order valence-electron chi connectivity index (χ3n) is 2.38. The van der Waals surface area contributed by atoms with E-state index in [9.17, 15) is 19.8 Å². The smallest absolute Gasteiger partial charge is 0.549 e. The Balaban J connectivity index is -0.000000256. The molecule has 0 amide bonds.